The number of anilines is 1. The van der Waals surface area contributed by atoms with Crippen LogP contribution in [0.4, 0.5) is 5.82 Å². The minimum Gasteiger partial charge on any atom is -0.491 e. The lowest BCUT2D eigenvalue weighted by Gasteiger charge is -2.56. The van der Waals surface area contributed by atoms with E-state index in [1.54, 1.807) is 15.6 Å². The first-order chi connectivity index (χ1) is 20.9. The Morgan fingerprint density at radius 3 is 2.60 bits per heavy atom. The number of piperazine rings is 1. The van der Waals surface area contributed by atoms with Crippen LogP contribution in [0.5, 0.6) is 5.75 Å². The number of allylic oxidation sites excluding steroid dienone is 1. The van der Waals surface area contributed by atoms with Crippen molar-refractivity contribution in [2.24, 2.45) is 5.73 Å². The molecule has 3 aromatic heterocycles. The number of ketones is 1. The topological polar surface area (TPSA) is 142 Å². The van der Waals surface area contributed by atoms with Crippen molar-refractivity contribution < 1.29 is 19.1 Å². The van der Waals surface area contributed by atoms with E-state index < -0.39 is 0 Å². The number of fused-ring (bicyclic) bond motifs is 5. The third-order valence-electron chi connectivity index (χ3n) is 9.13. The van der Waals surface area contributed by atoms with Crippen molar-refractivity contribution >= 4 is 23.0 Å². The van der Waals surface area contributed by atoms with Gasteiger partial charge in [-0.3, -0.25) is 14.5 Å². The van der Waals surface area contributed by atoms with Gasteiger partial charge in [0.2, 0.25) is 0 Å². The Labute approximate surface area is 249 Å². The standard InChI is InChI=1S/C31H34N8O4/c1-19(40)8-28(33)31(41)39-24-9-25(39)15-36(14-24)29-5-2-20(12-34-29)27-10-26(16-38-30(27)21(11-32)13-35-38)43-7-6-37-22-3-4-23(37)18-42-17-22/h2,5,8,10,12-13,16,22-25H,3-4,6-7,9,14-15,17-18,33H2,1H3. The number of amides is 1. The van der Waals surface area contributed by atoms with Crippen molar-refractivity contribution in [1.29, 1.82) is 5.26 Å². The van der Waals surface area contributed by atoms with Gasteiger partial charge in [-0.2, -0.15) is 10.4 Å². The summed E-state index contributed by atoms with van der Waals surface area (Å²) in [4.78, 5) is 35.4. The van der Waals surface area contributed by atoms with E-state index in [-0.39, 0.29) is 29.5 Å². The zero-order valence-corrected chi connectivity index (χ0v) is 24.1. The minimum atomic E-state index is -0.281. The maximum atomic E-state index is 12.8. The largest absolute Gasteiger partial charge is 0.491 e. The molecule has 43 heavy (non-hydrogen) atoms. The molecule has 4 atom stereocenters. The molecule has 12 heteroatoms. The molecule has 4 bridgehead atoms. The van der Waals surface area contributed by atoms with Gasteiger partial charge in [-0.05, 0) is 44.4 Å². The fourth-order valence-corrected chi connectivity index (χ4v) is 7.12. The van der Waals surface area contributed by atoms with E-state index >= 15 is 0 Å². The smallest absolute Gasteiger partial charge is 0.270 e. The van der Waals surface area contributed by atoms with Gasteiger partial charge < -0.3 is 25.0 Å². The van der Waals surface area contributed by atoms with Gasteiger partial charge in [-0.1, -0.05) is 0 Å². The number of rotatable bonds is 8. The van der Waals surface area contributed by atoms with Gasteiger partial charge in [0.1, 0.15) is 29.9 Å². The Kier molecular flexibility index (Phi) is 6.99. The summed E-state index contributed by atoms with van der Waals surface area (Å²) in [6.45, 7) is 5.64. The summed E-state index contributed by atoms with van der Waals surface area (Å²) in [5, 5.41) is 14.2. The van der Waals surface area contributed by atoms with Crippen LogP contribution in [0.3, 0.4) is 0 Å². The van der Waals surface area contributed by atoms with Crippen LogP contribution >= 0.6 is 0 Å². The average molecular weight is 583 g/mol. The minimum absolute atomic E-state index is 0.0135. The summed E-state index contributed by atoms with van der Waals surface area (Å²) in [6, 6.07) is 9.18. The van der Waals surface area contributed by atoms with Gasteiger partial charge in [-0.25, -0.2) is 9.50 Å². The SMILES string of the molecule is CC(=O)C=C(N)C(=O)N1C2CC1CN(c1ccc(-c3cc(OCCN4C5CCC4COC5)cn4ncc(C#N)c34)cn1)C2. The number of nitriles is 1. The van der Waals surface area contributed by atoms with Crippen LogP contribution in [-0.4, -0.2) is 99.7 Å². The van der Waals surface area contributed by atoms with Crippen LogP contribution < -0.4 is 15.4 Å². The van der Waals surface area contributed by atoms with Gasteiger partial charge in [-0.15, -0.1) is 0 Å². The molecule has 8 rings (SSSR count). The first kappa shape index (κ1) is 27.4. The normalized spacial score (nSPS) is 25.0. The fourth-order valence-electron chi connectivity index (χ4n) is 7.12. The Hall–Kier alpha value is -4.47. The van der Waals surface area contributed by atoms with Gasteiger partial charge >= 0.3 is 0 Å². The van der Waals surface area contributed by atoms with Crippen LogP contribution in [0, 0.1) is 11.3 Å². The maximum Gasteiger partial charge on any atom is 0.270 e. The first-order valence-corrected chi connectivity index (χ1v) is 14.8. The summed E-state index contributed by atoms with van der Waals surface area (Å²) >= 11 is 0. The number of hydrogen-bond donors (Lipinski definition) is 1. The molecule has 1 amide bonds. The van der Waals surface area contributed by atoms with Crippen LogP contribution in [0.1, 0.15) is 31.7 Å². The number of nitrogens with two attached hydrogens (primary N) is 1. The van der Waals surface area contributed by atoms with Crippen molar-refractivity contribution in [3.8, 4) is 22.9 Å². The molecule has 3 aromatic rings. The molecule has 0 aromatic carbocycles. The number of aromatic nitrogens is 3. The molecule has 222 valence electrons. The number of nitrogens with zero attached hydrogens (tertiary/aromatic N) is 7. The second-order valence-corrected chi connectivity index (χ2v) is 11.8. The zero-order chi connectivity index (χ0) is 29.7. The monoisotopic (exact) mass is 582 g/mol. The number of pyridine rings is 2. The van der Waals surface area contributed by atoms with Crippen molar-refractivity contribution in [2.75, 3.05) is 44.4 Å². The van der Waals surface area contributed by atoms with E-state index in [2.05, 4.69) is 21.0 Å². The summed E-state index contributed by atoms with van der Waals surface area (Å²) in [7, 11) is 0. The second kappa shape index (κ2) is 11.0. The van der Waals surface area contributed by atoms with E-state index in [4.69, 9.17) is 20.2 Å². The van der Waals surface area contributed by atoms with E-state index in [0.29, 0.717) is 48.6 Å². The van der Waals surface area contributed by atoms with Crippen LogP contribution in [0.15, 0.2) is 48.6 Å². The van der Waals surface area contributed by atoms with Crippen molar-refractivity contribution in [2.45, 2.75) is 50.4 Å². The van der Waals surface area contributed by atoms with Gasteiger partial charge in [0, 0.05) is 55.1 Å². The lowest BCUT2D eigenvalue weighted by Crippen LogP contribution is -2.70. The molecule has 5 aliphatic heterocycles. The number of hydrogen-bond acceptors (Lipinski definition) is 10. The molecule has 5 fully saturated rings. The number of piperidine rings is 1. The first-order valence-electron chi connectivity index (χ1n) is 14.8. The molecule has 5 aliphatic rings. The van der Waals surface area contributed by atoms with E-state index in [0.717, 1.165) is 43.1 Å². The Morgan fingerprint density at radius 1 is 1.16 bits per heavy atom. The molecular weight excluding hydrogens is 548 g/mol. The Balaban J connectivity index is 1.07. The fraction of sp³-hybridized carbons (Fsp3) is 0.452. The maximum absolute atomic E-state index is 12.8. The van der Waals surface area contributed by atoms with Gasteiger partial charge in [0.25, 0.3) is 5.91 Å². The predicted octanol–water partition coefficient (Wildman–Crippen LogP) is 1.73. The number of carbonyl (C=O) groups is 2. The molecule has 12 nitrogen and oxygen atoms in total. The molecular formula is C31H34N8O4. The summed E-state index contributed by atoms with van der Waals surface area (Å²) in [5.41, 5.74) is 8.72. The Morgan fingerprint density at radius 2 is 1.93 bits per heavy atom. The second-order valence-electron chi connectivity index (χ2n) is 11.8. The van der Waals surface area contributed by atoms with E-state index in [1.807, 2.05) is 30.6 Å². The molecule has 8 heterocycles. The van der Waals surface area contributed by atoms with Crippen molar-refractivity contribution in [3.05, 3.63) is 54.1 Å². The molecule has 0 radical (unpaired) electrons. The third kappa shape index (κ3) is 4.98. The summed E-state index contributed by atoms with van der Waals surface area (Å²) in [6.07, 6.45) is 9.65. The van der Waals surface area contributed by atoms with Crippen LogP contribution in [0.25, 0.3) is 16.6 Å². The molecule has 0 aliphatic carbocycles. The molecule has 0 saturated carbocycles. The highest BCUT2D eigenvalue weighted by Gasteiger charge is 2.48. The van der Waals surface area contributed by atoms with E-state index in [9.17, 15) is 14.9 Å². The lowest BCUT2D eigenvalue weighted by molar-refractivity contribution is -0.141. The highest BCUT2D eigenvalue weighted by molar-refractivity contribution is 6.01. The van der Waals surface area contributed by atoms with E-state index in [1.165, 1.54) is 25.8 Å². The van der Waals surface area contributed by atoms with Crippen LogP contribution in [-0.2, 0) is 14.3 Å². The molecule has 2 N–H and O–H groups in total. The summed E-state index contributed by atoms with van der Waals surface area (Å²) < 4.78 is 13.6. The summed E-state index contributed by atoms with van der Waals surface area (Å²) in [5.74, 6) is 0.973. The van der Waals surface area contributed by atoms with Crippen LogP contribution in [0.2, 0.25) is 0 Å². The van der Waals surface area contributed by atoms with Crippen molar-refractivity contribution in [3.63, 3.8) is 0 Å². The van der Waals surface area contributed by atoms with Crippen molar-refractivity contribution in [1.82, 2.24) is 24.4 Å². The lowest BCUT2D eigenvalue weighted by atomic mass is 9.87. The number of carbonyl (C=O) groups excluding carboxylic acids is 2. The third-order valence-corrected chi connectivity index (χ3v) is 9.13. The Bertz CT molecular complexity index is 1620. The highest BCUT2D eigenvalue weighted by Crippen LogP contribution is 2.36. The number of ether oxygens (including phenoxy) is 2. The molecule has 4 unspecified atom stereocenters. The number of morpholine rings is 1. The van der Waals surface area contributed by atoms with Gasteiger partial charge in [0.05, 0.1) is 48.8 Å². The molecule has 0 spiro atoms. The average Bonchev–Trinajstić information content (AvgIpc) is 3.51. The highest BCUT2D eigenvalue weighted by atomic mass is 16.5. The predicted molar refractivity (Wildman–Crippen MR) is 157 cm³/mol. The van der Waals surface area contributed by atoms with Gasteiger partial charge in [0.15, 0.2) is 5.78 Å². The quantitative estimate of drug-likeness (QED) is 0.390. The molecule has 5 saturated heterocycles. The zero-order valence-electron chi connectivity index (χ0n) is 24.1.